The van der Waals surface area contributed by atoms with Gasteiger partial charge in [-0.2, -0.15) is 0 Å². The molecule has 0 aliphatic carbocycles. The number of hydrogen-bond donors (Lipinski definition) is 1. The summed E-state index contributed by atoms with van der Waals surface area (Å²) in [6.45, 7) is 9.07. The van der Waals surface area contributed by atoms with Gasteiger partial charge in [0.2, 0.25) is 0 Å². The highest BCUT2D eigenvalue weighted by Crippen LogP contribution is 2.16. The van der Waals surface area contributed by atoms with Crippen LogP contribution in [0, 0.1) is 11.6 Å². The molecule has 1 saturated heterocycles. The minimum Gasteiger partial charge on any atom is -0.323 e. The van der Waals surface area contributed by atoms with Crippen LogP contribution < -0.4 is 5.73 Å². The van der Waals surface area contributed by atoms with Crippen LogP contribution in [-0.4, -0.2) is 48.6 Å². The monoisotopic (exact) mass is 283 g/mol. The highest BCUT2D eigenvalue weighted by molar-refractivity contribution is 5.21. The van der Waals surface area contributed by atoms with Crippen LogP contribution in [0.25, 0.3) is 0 Å². The second-order valence-corrected chi connectivity index (χ2v) is 5.71. The van der Waals surface area contributed by atoms with Gasteiger partial charge < -0.3 is 5.73 Å². The molecule has 1 aliphatic rings. The number of nitrogens with zero attached hydrogens (tertiary/aromatic N) is 2. The first kappa shape index (κ1) is 15.4. The Kier molecular flexibility index (Phi) is 5.07. The Hall–Kier alpha value is -1.04. The Morgan fingerprint density at radius 2 is 1.75 bits per heavy atom. The molecule has 0 spiro atoms. The second-order valence-electron chi connectivity index (χ2n) is 5.71. The summed E-state index contributed by atoms with van der Waals surface area (Å²) in [5, 5.41) is 0. The van der Waals surface area contributed by atoms with E-state index in [-0.39, 0.29) is 6.04 Å². The van der Waals surface area contributed by atoms with Crippen LogP contribution in [-0.2, 0) is 0 Å². The number of halogens is 2. The predicted octanol–water partition coefficient (Wildman–Crippen LogP) is 1.99. The smallest absolute Gasteiger partial charge is 0.159 e. The summed E-state index contributed by atoms with van der Waals surface area (Å²) in [7, 11) is 0. The van der Waals surface area contributed by atoms with Gasteiger partial charge in [0.25, 0.3) is 0 Å². The van der Waals surface area contributed by atoms with Crippen molar-refractivity contribution in [1.82, 2.24) is 9.80 Å². The summed E-state index contributed by atoms with van der Waals surface area (Å²) in [6, 6.07) is 4.19. The van der Waals surface area contributed by atoms with E-state index in [2.05, 4.69) is 23.6 Å². The van der Waals surface area contributed by atoms with Gasteiger partial charge in [-0.05, 0) is 31.5 Å². The zero-order valence-corrected chi connectivity index (χ0v) is 12.1. The number of hydrogen-bond acceptors (Lipinski definition) is 3. The molecule has 0 saturated carbocycles. The molecule has 1 heterocycles. The van der Waals surface area contributed by atoms with E-state index in [1.165, 1.54) is 6.07 Å². The summed E-state index contributed by atoms with van der Waals surface area (Å²) >= 11 is 0. The highest BCUT2D eigenvalue weighted by Gasteiger charge is 2.21. The number of rotatable bonds is 4. The van der Waals surface area contributed by atoms with Gasteiger partial charge in [0.1, 0.15) is 0 Å². The summed E-state index contributed by atoms with van der Waals surface area (Å²) in [5.74, 6) is -1.66. The van der Waals surface area contributed by atoms with Crippen molar-refractivity contribution in [2.75, 3.05) is 32.7 Å². The van der Waals surface area contributed by atoms with Gasteiger partial charge in [0.05, 0.1) is 0 Å². The summed E-state index contributed by atoms with van der Waals surface area (Å²) < 4.78 is 26.1. The molecule has 1 atom stereocenters. The van der Waals surface area contributed by atoms with Crippen LogP contribution in [0.2, 0.25) is 0 Å². The molecule has 0 bridgehead atoms. The summed E-state index contributed by atoms with van der Waals surface area (Å²) in [6.07, 6.45) is 0. The van der Waals surface area contributed by atoms with Crippen LogP contribution in [0.15, 0.2) is 18.2 Å². The number of nitrogens with two attached hydrogens (primary N) is 1. The topological polar surface area (TPSA) is 32.5 Å². The Morgan fingerprint density at radius 3 is 2.30 bits per heavy atom. The number of benzene rings is 1. The van der Waals surface area contributed by atoms with E-state index < -0.39 is 11.6 Å². The summed E-state index contributed by atoms with van der Waals surface area (Å²) in [5.41, 5.74) is 6.74. The quantitative estimate of drug-likeness (QED) is 0.917. The normalized spacial score (nSPS) is 19.5. The molecule has 2 rings (SSSR count). The lowest BCUT2D eigenvalue weighted by molar-refractivity contribution is 0.104. The molecule has 1 aromatic rings. The Labute approximate surface area is 119 Å². The molecule has 20 heavy (non-hydrogen) atoms. The van der Waals surface area contributed by atoms with Crippen LogP contribution in [0.1, 0.15) is 25.5 Å². The third-order valence-corrected chi connectivity index (χ3v) is 3.96. The van der Waals surface area contributed by atoms with Gasteiger partial charge >= 0.3 is 0 Å². The molecule has 2 N–H and O–H groups in total. The van der Waals surface area contributed by atoms with E-state index in [0.717, 1.165) is 32.2 Å². The van der Waals surface area contributed by atoms with Crippen molar-refractivity contribution < 1.29 is 8.78 Å². The van der Waals surface area contributed by atoms with E-state index in [9.17, 15) is 8.78 Å². The molecule has 1 aliphatic heterocycles. The van der Waals surface area contributed by atoms with Crippen LogP contribution in [0.5, 0.6) is 0 Å². The Bertz CT molecular complexity index is 443. The minimum atomic E-state index is -0.831. The lowest BCUT2D eigenvalue weighted by atomic mass is 10.1. The second kappa shape index (κ2) is 6.61. The molecule has 5 heteroatoms. The molecule has 0 aromatic heterocycles. The van der Waals surface area contributed by atoms with Crippen molar-refractivity contribution in [3.63, 3.8) is 0 Å². The van der Waals surface area contributed by atoms with Gasteiger partial charge in [-0.25, -0.2) is 8.78 Å². The van der Waals surface area contributed by atoms with Gasteiger partial charge in [0.15, 0.2) is 11.6 Å². The molecular formula is C15H23F2N3. The number of piperazine rings is 1. The fourth-order valence-corrected chi connectivity index (χ4v) is 2.59. The van der Waals surface area contributed by atoms with E-state index in [1.54, 1.807) is 6.07 Å². The molecule has 0 radical (unpaired) electrons. The van der Waals surface area contributed by atoms with Crippen molar-refractivity contribution >= 4 is 0 Å². The predicted molar refractivity (Wildman–Crippen MR) is 76.4 cm³/mol. The van der Waals surface area contributed by atoms with Gasteiger partial charge in [-0.15, -0.1) is 0 Å². The maximum Gasteiger partial charge on any atom is 0.159 e. The maximum absolute atomic E-state index is 13.2. The largest absolute Gasteiger partial charge is 0.323 e. The average Bonchev–Trinajstić information content (AvgIpc) is 2.42. The molecule has 112 valence electrons. The first-order chi connectivity index (χ1) is 9.47. The third-order valence-electron chi connectivity index (χ3n) is 3.96. The van der Waals surface area contributed by atoms with Crippen molar-refractivity contribution in [2.24, 2.45) is 5.73 Å². The Balaban J connectivity index is 1.89. The fraction of sp³-hybridized carbons (Fsp3) is 0.600. The van der Waals surface area contributed by atoms with Crippen molar-refractivity contribution in [3.8, 4) is 0 Å². The molecular weight excluding hydrogens is 260 g/mol. The van der Waals surface area contributed by atoms with Gasteiger partial charge in [0, 0.05) is 44.8 Å². The third kappa shape index (κ3) is 3.75. The van der Waals surface area contributed by atoms with Gasteiger partial charge in [-0.1, -0.05) is 6.07 Å². The van der Waals surface area contributed by atoms with E-state index >= 15 is 0 Å². The molecule has 1 aromatic carbocycles. The van der Waals surface area contributed by atoms with E-state index in [0.29, 0.717) is 18.2 Å². The average molecular weight is 283 g/mol. The maximum atomic E-state index is 13.2. The molecule has 3 nitrogen and oxygen atoms in total. The molecule has 1 fully saturated rings. The van der Waals surface area contributed by atoms with Crippen LogP contribution in [0.4, 0.5) is 8.78 Å². The summed E-state index contributed by atoms with van der Waals surface area (Å²) in [4.78, 5) is 4.71. The van der Waals surface area contributed by atoms with Crippen molar-refractivity contribution in [2.45, 2.75) is 25.9 Å². The lowest BCUT2D eigenvalue weighted by Crippen LogP contribution is -2.50. The highest BCUT2D eigenvalue weighted by atomic mass is 19.2. The molecule has 0 amide bonds. The van der Waals surface area contributed by atoms with Gasteiger partial charge in [-0.3, -0.25) is 9.80 Å². The Morgan fingerprint density at radius 1 is 1.10 bits per heavy atom. The first-order valence-corrected chi connectivity index (χ1v) is 7.14. The SMILES string of the molecule is CC(C)N1CCN(CC(N)c2ccc(F)c(F)c2)CC1. The zero-order chi connectivity index (χ0) is 14.7. The van der Waals surface area contributed by atoms with Crippen LogP contribution in [0.3, 0.4) is 0 Å². The van der Waals surface area contributed by atoms with Crippen molar-refractivity contribution in [1.29, 1.82) is 0 Å². The fourth-order valence-electron chi connectivity index (χ4n) is 2.59. The van der Waals surface area contributed by atoms with E-state index in [1.807, 2.05) is 0 Å². The molecule has 1 unspecified atom stereocenters. The standard InChI is InChI=1S/C15H23F2N3/c1-11(2)20-7-5-19(6-8-20)10-15(18)12-3-4-13(16)14(17)9-12/h3-4,9,11,15H,5-8,10,18H2,1-2H3. The van der Waals surface area contributed by atoms with Crippen molar-refractivity contribution in [3.05, 3.63) is 35.4 Å². The van der Waals surface area contributed by atoms with E-state index in [4.69, 9.17) is 5.73 Å². The van der Waals surface area contributed by atoms with Crippen LogP contribution >= 0.6 is 0 Å². The minimum absolute atomic E-state index is 0.282. The zero-order valence-electron chi connectivity index (χ0n) is 12.1. The lowest BCUT2D eigenvalue weighted by Gasteiger charge is -2.37. The first-order valence-electron chi connectivity index (χ1n) is 7.14.